The Morgan fingerprint density at radius 2 is 1.96 bits per heavy atom. The molecule has 0 aromatic heterocycles. The number of aryl methyl sites for hydroxylation is 1. The molecular weight excluding hydrogens is 294 g/mol. The molecule has 23 heavy (non-hydrogen) atoms. The summed E-state index contributed by atoms with van der Waals surface area (Å²) in [6, 6.07) is 5.77. The lowest BCUT2D eigenvalue weighted by molar-refractivity contribution is -0.0758. The van der Waals surface area contributed by atoms with Gasteiger partial charge in [-0.2, -0.15) is 0 Å². The molecule has 0 N–H and O–H groups in total. The van der Waals surface area contributed by atoms with Gasteiger partial charge in [-0.15, -0.1) is 0 Å². The van der Waals surface area contributed by atoms with Crippen LogP contribution in [0.25, 0.3) is 0 Å². The zero-order valence-electron chi connectivity index (χ0n) is 14.9. The van der Waals surface area contributed by atoms with Crippen LogP contribution in [0.5, 0.6) is 5.75 Å². The van der Waals surface area contributed by atoms with Crippen molar-refractivity contribution in [3.05, 3.63) is 29.3 Å². The average Bonchev–Trinajstić information content (AvgIpc) is 2.55. The van der Waals surface area contributed by atoms with Crippen LogP contribution < -0.4 is 4.74 Å². The van der Waals surface area contributed by atoms with Crippen LogP contribution in [-0.4, -0.2) is 45.5 Å². The highest BCUT2D eigenvalue weighted by Crippen LogP contribution is 2.24. The highest BCUT2D eigenvalue weighted by atomic mass is 16.7. The Morgan fingerprint density at radius 1 is 1.22 bits per heavy atom. The van der Waals surface area contributed by atoms with E-state index in [1.165, 1.54) is 17.7 Å². The fourth-order valence-electron chi connectivity index (χ4n) is 2.11. The lowest BCUT2D eigenvalue weighted by atomic mass is 10.0. The summed E-state index contributed by atoms with van der Waals surface area (Å²) in [5.74, 6) is 1.03. The maximum atomic E-state index is 12.4. The molecule has 0 spiro atoms. The third-order valence-corrected chi connectivity index (χ3v) is 3.60. The average molecular weight is 323 g/mol. The van der Waals surface area contributed by atoms with E-state index in [1.54, 1.807) is 14.2 Å². The van der Waals surface area contributed by atoms with Crippen molar-refractivity contribution in [1.82, 2.24) is 5.06 Å². The molecule has 0 saturated heterocycles. The first-order valence-electron chi connectivity index (χ1n) is 8.06. The minimum atomic E-state index is -0.218. The molecule has 5 nitrogen and oxygen atoms in total. The van der Waals surface area contributed by atoms with E-state index < -0.39 is 0 Å². The van der Waals surface area contributed by atoms with Crippen molar-refractivity contribution in [2.45, 2.75) is 33.1 Å². The molecule has 0 fully saturated rings. The van der Waals surface area contributed by atoms with Crippen molar-refractivity contribution in [3.8, 4) is 5.75 Å². The summed E-state index contributed by atoms with van der Waals surface area (Å²) in [5, 5.41) is 1.20. The fraction of sp³-hybridized carbons (Fsp3) is 0.611. The fourth-order valence-corrected chi connectivity index (χ4v) is 2.11. The molecule has 130 valence electrons. The monoisotopic (exact) mass is 323 g/mol. The number of rotatable bonds is 10. The Hall–Kier alpha value is -1.59. The number of carbonyl (C=O) groups is 1. The SMILES string of the molecule is COCCCOc1cc(CCC(C)C)ccc1C(=O)N(C)OC. The zero-order chi connectivity index (χ0) is 17.2. The number of hydrogen-bond acceptors (Lipinski definition) is 4. The highest BCUT2D eigenvalue weighted by Gasteiger charge is 2.17. The summed E-state index contributed by atoms with van der Waals surface area (Å²) in [7, 11) is 4.72. The van der Waals surface area contributed by atoms with Crippen molar-refractivity contribution in [2.75, 3.05) is 34.5 Å². The predicted octanol–water partition coefficient (Wildman–Crippen LogP) is 3.32. The number of benzene rings is 1. The molecule has 0 aliphatic carbocycles. The van der Waals surface area contributed by atoms with E-state index in [2.05, 4.69) is 13.8 Å². The van der Waals surface area contributed by atoms with Gasteiger partial charge in [-0.05, 0) is 36.5 Å². The maximum absolute atomic E-state index is 12.4. The Kier molecular flexibility index (Phi) is 8.66. The Morgan fingerprint density at radius 3 is 2.57 bits per heavy atom. The van der Waals surface area contributed by atoms with Gasteiger partial charge in [0.15, 0.2) is 0 Å². The molecule has 0 bridgehead atoms. The third kappa shape index (κ3) is 6.59. The van der Waals surface area contributed by atoms with Gasteiger partial charge in [0.25, 0.3) is 5.91 Å². The van der Waals surface area contributed by atoms with E-state index in [9.17, 15) is 4.79 Å². The van der Waals surface area contributed by atoms with Crippen LogP contribution in [0.4, 0.5) is 0 Å². The third-order valence-electron chi connectivity index (χ3n) is 3.60. The largest absolute Gasteiger partial charge is 0.493 e. The number of ether oxygens (including phenoxy) is 2. The molecule has 1 rings (SSSR count). The summed E-state index contributed by atoms with van der Waals surface area (Å²) >= 11 is 0. The summed E-state index contributed by atoms with van der Waals surface area (Å²) in [5.41, 5.74) is 1.69. The topological polar surface area (TPSA) is 48.0 Å². The van der Waals surface area contributed by atoms with Gasteiger partial charge >= 0.3 is 0 Å². The number of hydrogen-bond donors (Lipinski definition) is 0. The molecule has 0 saturated carbocycles. The molecule has 0 aliphatic heterocycles. The van der Waals surface area contributed by atoms with Gasteiger partial charge in [-0.3, -0.25) is 9.63 Å². The standard InChI is InChI=1S/C18H29NO4/c1-14(2)7-8-15-9-10-16(18(20)19(3)22-5)17(13-15)23-12-6-11-21-4/h9-10,13-14H,6-8,11-12H2,1-5H3. The second kappa shape index (κ2) is 10.2. The second-order valence-electron chi connectivity index (χ2n) is 5.94. The van der Waals surface area contributed by atoms with Crippen molar-refractivity contribution in [3.63, 3.8) is 0 Å². The minimum Gasteiger partial charge on any atom is -0.493 e. The Labute approximate surface area is 139 Å². The summed E-state index contributed by atoms with van der Waals surface area (Å²) < 4.78 is 10.8. The van der Waals surface area contributed by atoms with Crippen LogP contribution >= 0.6 is 0 Å². The van der Waals surface area contributed by atoms with E-state index in [0.717, 1.165) is 19.3 Å². The quantitative estimate of drug-likeness (QED) is 0.489. The number of nitrogens with zero attached hydrogens (tertiary/aromatic N) is 1. The summed E-state index contributed by atoms with van der Waals surface area (Å²) in [6.45, 7) is 5.55. The van der Waals surface area contributed by atoms with E-state index in [0.29, 0.717) is 30.4 Å². The van der Waals surface area contributed by atoms with Crippen molar-refractivity contribution in [1.29, 1.82) is 0 Å². The van der Waals surface area contributed by atoms with Gasteiger partial charge in [0.1, 0.15) is 5.75 Å². The number of carbonyl (C=O) groups excluding carboxylic acids is 1. The van der Waals surface area contributed by atoms with Gasteiger partial charge < -0.3 is 9.47 Å². The summed E-state index contributed by atoms with van der Waals surface area (Å²) in [4.78, 5) is 17.3. The molecule has 1 amide bonds. The first kappa shape index (κ1) is 19.5. The van der Waals surface area contributed by atoms with E-state index in [4.69, 9.17) is 14.3 Å². The van der Waals surface area contributed by atoms with Crippen LogP contribution in [0.2, 0.25) is 0 Å². The van der Waals surface area contributed by atoms with Crippen molar-refractivity contribution >= 4 is 5.91 Å². The van der Waals surface area contributed by atoms with Crippen LogP contribution in [0.3, 0.4) is 0 Å². The summed E-state index contributed by atoms with van der Waals surface area (Å²) in [6.07, 6.45) is 2.86. The van der Waals surface area contributed by atoms with Crippen LogP contribution in [-0.2, 0) is 16.0 Å². The lowest BCUT2D eigenvalue weighted by Gasteiger charge is -2.17. The molecule has 0 radical (unpaired) electrons. The van der Waals surface area contributed by atoms with Gasteiger partial charge in [0, 0.05) is 27.2 Å². The smallest absolute Gasteiger partial charge is 0.280 e. The van der Waals surface area contributed by atoms with Gasteiger partial charge in [-0.25, -0.2) is 5.06 Å². The van der Waals surface area contributed by atoms with E-state index in [1.807, 2.05) is 18.2 Å². The molecular formula is C18H29NO4. The van der Waals surface area contributed by atoms with Crippen LogP contribution in [0, 0.1) is 5.92 Å². The highest BCUT2D eigenvalue weighted by molar-refractivity contribution is 5.96. The normalized spacial score (nSPS) is 10.9. The van der Waals surface area contributed by atoms with Gasteiger partial charge in [0.05, 0.1) is 19.3 Å². The van der Waals surface area contributed by atoms with Crippen molar-refractivity contribution < 1.29 is 19.1 Å². The van der Waals surface area contributed by atoms with Crippen LogP contribution in [0.15, 0.2) is 18.2 Å². The molecule has 0 heterocycles. The van der Waals surface area contributed by atoms with Gasteiger partial charge in [-0.1, -0.05) is 19.9 Å². The van der Waals surface area contributed by atoms with E-state index in [-0.39, 0.29) is 5.91 Å². The second-order valence-corrected chi connectivity index (χ2v) is 5.94. The molecule has 0 atom stereocenters. The van der Waals surface area contributed by atoms with E-state index >= 15 is 0 Å². The Balaban J connectivity index is 2.91. The Bertz CT molecular complexity index is 488. The molecule has 1 aromatic carbocycles. The molecule has 0 aliphatic rings. The van der Waals surface area contributed by atoms with Crippen molar-refractivity contribution in [2.24, 2.45) is 5.92 Å². The lowest BCUT2D eigenvalue weighted by Crippen LogP contribution is -2.26. The number of hydroxylamine groups is 2. The number of methoxy groups -OCH3 is 1. The molecule has 5 heteroatoms. The van der Waals surface area contributed by atoms with Gasteiger partial charge in [0.2, 0.25) is 0 Å². The minimum absolute atomic E-state index is 0.218. The molecule has 1 aromatic rings. The molecule has 0 unspecified atom stereocenters. The van der Waals surface area contributed by atoms with Crippen LogP contribution in [0.1, 0.15) is 42.6 Å². The number of amides is 1. The predicted molar refractivity (Wildman–Crippen MR) is 90.7 cm³/mol. The first-order valence-corrected chi connectivity index (χ1v) is 8.06. The zero-order valence-corrected chi connectivity index (χ0v) is 14.9. The maximum Gasteiger partial charge on any atom is 0.280 e. The first-order chi connectivity index (χ1) is 11.0.